The Balaban J connectivity index is 1.85. The number of rotatable bonds is 4. The second-order valence-electron chi connectivity index (χ2n) is 5.05. The Morgan fingerprint density at radius 3 is 2.67 bits per heavy atom. The Kier molecular flexibility index (Phi) is 3.15. The fourth-order valence-electron chi connectivity index (χ4n) is 2.60. The summed E-state index contributed by atoms with van der Waals surface area (Å²) in [5, 5.41) is 0. The van der Waals surface area contributed by atoms with Crippen LogP contribution in [0.25, 0.3) is 0 Å². The fraction of sp³-hybridized carbons (Fsp3) is 0.400. The lowest BCUT2D eigenvalue weighted by Gasteiger charge is -2.26. The standard InChI is InChI=1S/C15H19N3/c16-8-13-4-1-2-5-14(13)10-18-11-17-9-15(18)12-6-3-7-12/h1-2,4-5,9,11-12H,3,6-8,10,16H2. The van der Waals surface area contributed by atoms with Gasteiger partial charge in [-0.15, -0.1) is 0 Å². The van der Waals surface area contributed by atoms with Crippen LogP contribution >= 0.6 is 0 Å². The third-order valence-corrected chi connectivity index (χ3v) is 3.95. The molecule has 3 nitrogen and oxygen atoms in total. The summed E-state index contributed by atoms with van der Waals surface area (Å²) in [6, 6.07) is 8.39. The molecule has 3 rings (SSSR count). The summed E-state index contributed by atoms with van der Waals surface area (Å²) in [7, 11) is 0. The van der Waals surface area contributed by atoms with E-state index in [0.29, 0.717) is 6.54 Å². The first kappa shape index (κ1) is 11.5. The van der Waals surface area contributed by atoms with E-state index in [1.165, 1.54) is 36.1 Å². The minimum atomic E-state index is 0.601. The Labute approximate surface area is 108 Å². The maximum Gasteiger partial charge on any atom is 0.0951 e. The van der Waals surface area contributed by atoms with E-state index in [-0.39, 0.29) is 0 Å². The average Bonchev–Trinajstić information content (AvgIpc) is 2.76. The van der Waals surface area contributed by atoms with Crippen molar-refractivity contribution in [3.8, 4) is 0 Å². The largest absolute Gasteiger partial charge is 0.330 e. The first-order chi connectivity index (χ1) is 8.88. The molecule has 3 heteroatoms. The van der Waals surface area contributed by atoms with Gasteiger partial charge in [-0.05, 0) is 24.0 Å². The van der Waals surface area contributed by atoms with Gasteiger partial charge in [0.05, 0.1) is 6.33 Å². The summed E-state index contributed by atoms with van der Waals surface area (Å²) in [6.45, 7) is 1.49. The van der Waals surface area contributed by atoms with Crippen molar-refractivity contribution in [3.05, 3.63) is 53.6 Å². The molecule has 1 saturated carbocycles. The molecule has 1 aliphatic rings. The molecule has 1 fully saturated rings. The molecule has 1 aliphatic carbocycles. The third-order valence-electron chi connectivity index (χ3n) is 3.95. The molecule has 2 aromatic rings. The van der Waals surface area contributed by atoms with Gasteiger partial charge in [-0.1, -0.05) is 30.7 Å². The van der Waals surface area contributed by atoms with Gasteiger partial charge in [0.1, 0.15) is 0 Å². The van der Waals surface area contributed by atoms with Crippen LogP contribution in [-0.4, -0.2) is 9.55 Å². The Hall–Kier alpha value is -1.61. The van der Waals surface area contributed by atoms with Crippen LogP contribution in [-0.2, 0) is 13.1 Å². The minimum absolute atomic E-state index is 0.601. The molecule has 0 saturated heterocycles. The van der Waals surface area contributed by atoms with Crippen LogP contribution < -0.4 is 5.73 Å². The van der Waals surface area contributed by atoms with Crippen molar-refractivity contribution >= 4 is 0 Å². The lowest BCUT2D eigenvalue weighted by atomic mass is 9.83. The van der Waals surface area contributed by atoms with Crippen LogP contribution in [0.1, 0.15) is 42.0 Å². The van der Waals surface area contributed by atoms with Crippen molar-refractivity contribution in [1.29, 1.82) is 0 Å². The van der Waals surface area contributed by atoms with E-state index in [1.54, 1.807) is 0 Å². The number of hydrogen-bond donors (Lipinski definition) is 1. The summed E-state index contributed by atoms with van der Waals surface area (Å²) in [4.78, 5) is 4.31. The zero-order valence-corrected chi connectivity index (χ0v) is 10.5. The molecule has 0 radical (unpaired) electrons. The quantitative estimate of drug-likeness (QED) is 0.894. The summed E-state index contributed by atoms with van der Waals surface area (Å²) in [5.41, 5.74) is 9.70. The van der Waals surface area contributed by atoms with Gasteiger partial charge in [0.25, 0.3) is 0 Å². The third kappa shape index (κ3) is 2.06. The first-order valence-corrected chi connectivity index (χ1v) is 6.65. The highest BCUT2D eigenvalue weighted by atomic mass is 15.0. The normalized spacial score (nSPS) is 15.6. The second kappa shape index (κ2) is 4.94. The number of nitrogens with zero attached hydrogens (tertiary/aromatic N) is 2. The van der Waals surface area contributed by atoms with Crippen LogP contribution in [0, 0.1) is 0 Å². The van der Waals surface area contributed by atoms with Crippen LogP contribution in [0.5, 0.6) is 0 Å². The van der Waals surface area contributed by atoms with Crippen molar-refractivity contribution in [1.82, 2.24) is 9.55 Å². The van der Waals surface area contributed by atoms with Gasteiger partial charge < -0.3 is 10.3 Å². The van der Waals surface area contributed by atoms with Gasteiger partial charge in [0.15, 0.2) is 0 Å². The van der Waals surface area contributed by atoms with E-state index in [1.807, 2.05) is 18.6 Å². The topological polar surface area (TPSA) is 43.8 Å². The molecule has 2 N–H and O–H groups in total. The molecule has 1 aromatic heterocycles. The maximum absolute atomic E-state index is 5.79. The van der Waals surface area contributed by atoms with E-state index in [9.17, 15) is 0 Å². The molecule has 0 spiro atoms. The molecule has 0 bridgehead atoms. The van der Waals surface area contributed by atoms with Gasteiger partial charge in [0, 0.05) is 30.9 Å². The molecule has 1 heterocycles. The van der Waals surface area contributed by atoms with Crippen molar-refractivity contribution in [2.24, 2.45) is 5.73 Å². The lowest BCUT2D eigenvalue weighted by Crippen LogP contribution is -2.15. The van der Waals surface area contributed by atoms with E-state index in [4.69, 9.17) is 5.73 Å². The van der Waals surface area contributed by atoms with Crippen molar-refractivity contribution in [3.63, 3.8) is 0 Å². The van der Waals surface area contributed by atoms with Crippen LogP contribution in [0.3, 0.4) is 0 Å². The summed E-state index contributed by atoms with van der Waals surface area (Å²) < 4.78 is 2.28. The summed E-state index contributed by atoms with van der Waals surface area (Å²) in [6.07, 6.45) is 7.94. The van der Waals surface area contributed by atoms with Crippen LogP contribution in [0.2, 0.25) is 0 Å². The lowest BCUT2D eigenvalue weighted by molar-refractivity contribution is 0.399. The predicted octanol–water partition coefficient (Wildman–Crippen LogP) is 2.66. The number of hydrogen-bond acceptors (Lipinski definition) is 2. The Morgan fingerprint density at radius 1 is 1.22 bits per heavy atom. The number of nitrogens with two attached hydrogens (primary N) is 1. The molecule has 18 heavy (non-hydrogen) atoms. The fourth-order valence-corrected chi connectivity index (χ4v) is 2.60. The highest BCUT2D eigenvalue weighted by molar-refractivity contribution is 5.28. The molecule has 0 amide bonds. The molecular formula is C15H19N3. The van der Waals surface area contributed by atoms with Gasteiger partial charge in [0.2, 0.25) is 0 Å². The zero-order valence-electron chi connectivity index (χ0n) is 10.5. The monoisotopic (exact) mass is 241 g/mol. The van der Waals surface area contributed by atoms with Gasteiger partial charge in [-0.2, -0.15) is 0 Å². The van der Waals surface area contributed by atoms with Gasteiger partial charge >= 0.3 is 0 Å². The zero-order chi connectivity index (χ0) is 12.4. The van der Waals surface area contributed by atoms with Crippen LogP contribution in [0.15, 0.2) is 36.8 Å². The molecule has 1 aromatic carbocycles. The van der Waals surface area contributed by atoms with E-state index >= 15 is 0 Å². The SMILES string of the molecule is NCc1ccccc1Cn1cncc1C1CCC1. The highest BCUT2D eigenvalue weighted by Gasteiger charge is 2.22. The second-order valence-corrected chi connectivity index (χ2v) is 5.05. The van der Waals surface area contributed by atoms with Crippen molar-refractivity contribution < 1.29 is 0 Å². The average molecular weight is 241 g/mol. The number of imidazole rings is 1. The van der Waals surface area contributed by atoms with Crippen LogP contribution in [0.4, 0.5) is 0 Å². The first-order valence-electron chi connectivity index (χ1n) is 6.65. The Morgan fingerprint density at radius 2 is 2.00 bits per heavy atom. The van der Waals surface area contributed by atoms with Gasteiger partial charge in [-0.3, -0.25) is 0 Å². The van der Waals surface area contributed by atoms with E-state index in [2.05, 4.69) is 27.8 Å². The van der Waals surface area contributed by atoms with E-state index in [0.717, 1.165) is 12.5 Å². The molecule has 94 valence electrons. The smallest absolute Gasteiger partial charge is 0.0951 e. The van der Waals surface area contributed by atoms with Gasteiger partial charge in [-0.25, -0.2) is 4.98 Å². The van der Waals surface area contributed by atoms with Crippen molar-refractivity contribution in [2.75, 3.05) is 0 Å². The Bertz CT molecular complexity index is 526. The molecule has 0 unspecified atom stereocenters. The number of benzene rings is 1. The minimum Gasteiger partial charge on any atom is -0.330 e. The molecule has 0 aliphatic heterocycles. The summed E-state index contributed by atoms with van der Waals surface area (Å²) >= 11 is 0. The molecule has 0 atom stereocenters. The summed E-state index contributed by atoms with van der Waals surface area (Å²) in [5.74, 6) is 0.720. The molecular weight excluding hydrogens is 222 g/mol. The van der Waals surface area contributed by atoms with E-state index < -0.39 is 0 Å². The number of aromatic nitrogens is 2. The maximum atomic E-state index is 5.79. The van der Waals surface area contributed by atoms with Crippen molar-refractivity contribution in [2.45, 2.75) is 38.3 Å². The predicted molar refractivity (Wildman–Crippen MR) is 72.3 cm³/mol. The highest BCUT2D eigenvalue weighted by Crippen LogP contribution is 2.36.